The van der Waals surface area contributed by atoms with Crippen molar-refractivity contribution in [1.82, 2.24) is 4.98 Å². The van der Waals surface area contributed by atoms with Crippen LogP contribution in [0.5, 0.6) is 0 Å². The van der Waals surface area contributed by atoms with Gasteiger partial charge in [-0.25, -0.2) is 4.98 Å². The minimum atomic E-state index is 0.849. The number of alkyl halides is 2. The second-order valence-corrected chi connectivity index (χ2v) is 6.19. The number of rotatable bonds is 2. The van der Waals surface area contributed by atoms with Crippen molar-refractivity contribution in [3.05, 3.63) is 27.2 Å². The van der Waals surface area contributed by atoms with E-state index in [0.29, 0.717) is 0 Å². The van der Waals surface area contributed by atoms with E-state index in [9.17, 15) is 0 Å². The van der Waals surface area contributed by atoms with Crippen molar-refractivity contribution in [3.63, 3.8) is 0 Å². The summed E-state index contributed by atoms with van der Waals surface area (Å²) in [6.07, 6.45) is 0. The maximum atomic E-state index is 4.48. The zero-order chi connectivity index (χ0) is 10.1. The lowest BCUT2D eigenvalue weighted by atomic mass is 10.1. The van der Waals surface area contributed by atoms with Gasteiger partial charge < -0.3 is 0 Å². The summed E-state index contributed by atoms with van der Waals surface area (Å²) in [6.45, 7) is 0. The molecule has 0 bridgehead atoms. The minimum absolute atomic E-state index is 0.849. The largest absolute Gasteiger partial charge is 0.229 e. The highest BCUT2D eigenvalue weighted by Crippen LogP contribution is 2.33. The highest BCUT2D eigenvalue weighted by molar-refractivity contribution is 9.11. The van der Waals surface area contributed by atoms with Gasteiger partial charge in [-0.05, 0) is 27.1 Å². The first-order valence-corrected chi connectivity index (χ1v) is 7.80. The second kappa shape index (κ2) is 4.60. The third kappa shape index (κ3) is 1.92. The molecule has 0 spiro atoms. The zero-order valence-corrected chi connectivity index (χ0v) is 12.6. The van der Waals surface area contributed by atoms with Gasteiger partial charge in [-0.15, -0.1) is 11.3 Å². The molecule has 2 aromatic rings. The number of nitrogens with zero attached hydrogens (tertiary/aromatic N) is 1. The van der Waals surface area contributed by atoms with Gasteiger partial charge in [0.05, 0.1) is 10.2 Å². The number of halogens is 3. The fourth-order valence-electron chi connectivity index (χ4n) is 1.30. The highest BCUT2D eigenvalue weighted by Gasteiger charge is 2.09. The zero-order valence-electron chi connectivity index (χ0n) is 7.06. The Hall–Kier alpha value is 0.550. The maximum absolute atomic E-state index is 4.48. The van der Waals surface area contributed by atoms with Crippen LogP contribution in [0.2, 0.25) is 0 Å². The summed E-state index contributed by atoms with van der Waals surface area (Å²) in [6, 6.07) is 4.28. The lowest BCUT2D eigenvalue weighted by Gasteiger charge is -2.00. The average molecular weight is 400 g/mol. The molecule has 0 saturated carbocycles. The van der Waals surface area contributed by atoms with Gasteiger partial charge in [-0.1, -0.05) is 44.0 Å². The Kier molecular flexibility index (Phi) is 3.63. The van der Waals surface area contributed by atoms with Gasteiger partial charge in [0.25, 0.3) is 0 Å². The molecule has 0 fully saturated rings. The van der Waals surface area contributed by atoms with Crippen LogP contribution in [0.1, 0.15) is 11.1 Å². The summed E-state index contributed by atoms with van der Waals surface area (Å²) in [4.78, 5) is 4.48. The SMILES string of the molecule is BrCc1ccc(CBr)c2sc(Br)nc12. The molecule has 0 amide bonds. The molecule has 2 rings (SSSR count). The van der Waals surface area contributed by atoms with Crippen LogP contribution in [0.3, 0.4) is 0 Å². The molecule has 0 saturated heterocycles. The number of hydrogen-bond acceptors (Lipinski definition) is 2. The minimum Gasteiger partial charge on any atom is -0.229 e. The summed E-state index contributed by atoms with van der Waals surface area (Å²) in [5.74, 6) is 0. The molecular formula is C9H6Br3NS. The van der Waals surface area contributed by atoms with Gasteiger partial charge >= 0.3 is 0 Å². The Balaban J connectivity index is 2.77. The van der Waals surface area contributed by atoms with Crippen LogP contribution in [0.15, 0.2) is 16.0 Å². The van der Waals surface area contributed by atoms with Crippen molar-refractivity contribution in [3.8, 4) is 0 Å². The van der Waals surface area contributed by atoms with E-state index in [4.69, 9.17) is 0 Å². The van der Waals surface area contributed by atoms with E-state index in [2.05, 4.69) is 64.9 Å². The molecule has 0 aliphatic carbocycles. The van der Waals surface area contributed by atoms with Gasteiger partial charge in [0.2, 0.25) is 0 Å². The Bertz CT molecular complexity index is 425. The van der Waals surface area contributed by atoms with Gasteiger partial charge in [0.1, 0.15) is 0 Å². The van der Waals surface area contributed by atoms with E-state index >= 15 is 0 Å². The highest BCUT2D eigenvalue weighted by atomic mass is 79.9. The maximum Gasteiger partial charge on any atom is 0.160 e. The Morgan fingerprint density at radius 2 is 1.79 bits per heavy atom. The standard InChI is InChI=1S/C9H6Br3NS/c10-3-5-1-2-6(4-11)8-7(5)13-9(12)14-8/h1-2H,3-4H2. The van der Waals surface area contributed by atoms with Gasteiger partial charge in [0, 0.05) is 10.7 Å². The van der Waals surface area contributed by atoms with Crippen LogP contribution in [0, 0.1) is 0 Å². The van der Waals surface area contributed by atoms with Crippen LogP contribution < -0.4 is 0 Å². The fourth-order valence-corrected chi connectivity index (χ4v) is 3.92. The summed E-state index contributed by atoms with van der Waals surface area (Å²) in [5.41, 5.74) is 3.65. The average Bonchev–Trinajstić information content (AvgIpc) is 2.57. The van der Waals surface area contributed by atoms with Crippen molar-refractivity contribution in [2.75, 3.05) is 0 Å². The molecule has 0 atom stereocenters. The number of benzene rings is 1. The molecule has 0 radical (unpaired) electrons. The predicted octanol–water partition coefficient (Wildman–Crippen LogP) is 4.85. The Morgan fingerprint density at radius 3 is 2.43 bits per heavy atom. The molecule has 5 heteroatoms. The predicted molar refractivity (Wildman–Crippen MR) is 72.6 cm³/mol. The molecule has 14 heavy (non-hydrogen) atoms. The summed E-state index contributed by atoms with van der Waals surface area (Å²) in [7, 11) is 0. The van der Waals surface area contributed by atoms with Gasteiger partial charge in [-0.2, -0.15) is 0 Å². The molecule has 1 aromatic carbocycles. The lowest BCUT2D eigenvalue weighted by molar-refractivity contribution is 1.36. The molecule has 0 N–H and O–H groups in total. The van der Waals surface area contributed by atoms with Crippen molar-refractivity contribution in [1.29, 1.82) is 0 Å². The number of thiazole rings is 1. The lowest BCUT2D eigenvalue weighted by Crippen LogP contribution is -1.84. The molecule has 1 aromatic heterocycles. The molecule has 74 valence electrons. The molecule has 0 aliphatic heterocycles. The van der Waals surface area contributed by atoms with Crippen LogP contribution in [-0.4, -0.2) is 4.98 Å². The molecule has 1 nitrogen and oxygen atoms in total. The molecule has 1 heterocycles. The first kappa shape index (κ1) is 11.0. The summed E-state index contributed by atoms with van der Waals surface area (Å²) in [5, 5.41) is 1.73. The number of fused-ring (bicyclic) bond motifs is 1. The first-order chi connectivity index (χ1) is 6.76. The van der Waals surface area contributed by atoms with Crippen molar-refractivity contribution < 1.29 is 0 Å². The third-order valence-electron chi connectivity index (χ3n) is 1.97. The van der Waals surface area contributed by atoms with E-state index in [1.807, 2.05) is 0 Å². The van der Waals surface area contributed by atoms with E-state index in [1.165, 1.54) is 15.8 Å². The number of aromatic nitrogens is 1. The van der Waals surface area contributed by atoms with Crippen molar-refractivity contribution in [2.45, 2.75) is 10.7 Å². The van der Waals surface area contributed by atoms with Crippen molar-refractivity contribution >= 4 is 69.3 Å². The van der Waals surface area contributed by atoms with Crippen molar-refractivity contribution in [2.24, 2.45) is 0 Å². The quantitative estimate of drug-likeness (QED) is 0.658. The topological polar surface area (TPSA) is 12.9 Å². The normalized spacial score (nSPS) is 11.1. The van der Waals surface area contributed by atoms with Gasteiger partial charge in [-0.3, -0.25) is 0 Å². The summed E-state index contributed by atoms with van der Waals surface area (Å²) >= 11 is 12.1. The van der Waals surface area contributed by atoms with Crippen LogP contribution in [-0.2, 0) is 10.7 Å². The fraction of sp³-hybridized carbons (Fsp3) is 0.222. The molecule has 0 unspecified atom stereocenters. The van der Waals surface area contributed by atoms with Crippen LogP contribution in [0.4, 0.5) is 0 Å². The molecule has 0 aliphatic rings. The smallest absolute Gasteiger partial charge is 0.160 e. The van der Waals surface area contributed by atoms with E-state index in [-0.39, 0.29) is 0 Å². The van der Waals surface area contributed by atoms with Crippen LogP contribution >= 0.6 is 59.1 Å². The Labute approximate surface area is 111 Å². The third-order valence-corrected chi connectivity index (χ3v) is 4.76. The summed E-state index contributed by atoms with van der Waals surface area (Å²) < 4.78 is 2.22. The Morgan fingerprint density at radius 1 is 1.14 bits per heavy atom. The van der Waals surface area contributed by atoms with E-state index in [0.717, 1.165) is 20.1 Å². The van der Waals surface area contributed by atoms with Crippen LogP contribution in [0.25, 0.3) is 10.2 Å². The first-order valence-electron chi connectivity index (χ1n) is 3.95. The number of hydrogen-bond donors (Lipinski definition) is 0. The second-order valence-electron chi connectivity index (χ2n) is 2.80. The van der Waals surface area contributed by atoms with Gasteiger partial charge in [0.15, 0.2) is 3.92 Å². The van der Waals surface area contributed by atoms with E-state index < -0.39 is 0 Å². The monoisotopic (exact) mass is 397 g/mol. The molecular weight excluding hydrogens is 394 g/mol. The van der Waals surface area contributed by atoms with E-state index in [1.54, 1.807) is 11.3 Å².